The Balaban J connectivity index is 1.97. The van der Waals surface area contributed by atoms with E-state index in [2.05, 4.69) is 26.5 Å². The predicted octanol–water partition coefficient (Wildman–Crippen LogP) is 3.18. The second-order valence-corrected chi connectivity index (χ2v) is 5.65. The fourth-order valence-electron chi connectivity index (χ4n) is 1.33. The Morgan fingerprint density at radius 2 is 2.00 bits per heavy atom. The standard InChI is InChI=1S/C12H8BrN3O3S/c13-9-3-1-8(2-4-9)12(17)15-14-7-10-5-6-11(20-10)16(18)19/h1-7H,(H,15,17)/b14-7+. The molecule has 0 atom stereocenters. The van der Waals surface area contributed by atoms with Crippen LogP contribution in [0, 0.1) is 10.1 Å². The van der Waals surface area contributed by atoms with Gasteiger partial charge in [-0.2, -0.15) is 5.10 Å². The zero-order valence-electron chi connectivity index (χ0n) is 9.95. The third kappa shape index (κ3) is 3.72. The lowest BCUT2D eigenvalue weighted by atomic mass is 10.2. The minimum absolute atomic E-state index is 0.0330. The maximum absolute atomic E-state index is 11.7. The summed E-state index contributed by atoms with van der Waals surface area (Å²) in [6.45, 7) is 0. The monoisotopic (exact) mass is 353 g/mol. The van der Waals surface area contributed by atoms with Crippen molar-refractivity contribution in [3.8, 4) is 0 Å². The number of nitrogens with zero attached hydrogens (tertiary/aromatic N) is 2. The van der Waals surface area contributed by atoms with Crippen molar-refractivity contribution < 1.29 is 9.72 Å². The van der Waals surface area contributed by atoms with Crippen LogP contribution in [0.25, 0.3) is 0 Å². The number of nitro groups is 1. The normalized spacial score (nSPS) is 10.7. The largest absolute Gasteiger partial charge is 0.324 e. The Labute approximate surface area is 126 Å². The lowest BCUT2D eigenvalue weighted by molar-refractivity contribution is -0.380. The fraction of sp³-hybridized carbons (Fsp3) is 0. The molecule has 0 saturated heterocycles. The van der Waals surface area contributed by atoms with Crippen LogP contribution in [0.3, 0.4) is 0 Å². The van der Waals surface area contributed by atoms with E-state index in [0.29, 0.717) is 10.4 Å². The van der Waals surface area contributed by atoms with Crippen LogP contribution in [0.15, 0.2) is 46.0 Å². The highest BCUT2D eigenvalue weighted by molar-refractivity contribution is 9.10. The van der Waals surface area contributed by atoms with Crippen molar-refractivity contribution in [2.24, 2.45) is 5.10 Å². The molecule has 8 heteroatoms. The molecule has 20 heavy (non-hydrogen) atoms. The van der Waals surface area contributed by atoms with Crippen molar-refractivity contribution in [2.45, 2.75) is 0 Å². The lowest BCUT2D eigenvalue weighted by Gasteiger charge is -1.99. The molecular formula is C12H8BrN3O3S. The average Bonchev–Trinajstić information content (AvgIpc) is 2.88. The molecule has 1 heterocycles. The van der Waals surface area contributed by atoms with Gasteiger partial charge in [-0.1, -0.05) is 27.3 Å². The maximum Gasteiger partial charge on any atom is 0.324 e. The summed E-state index contributed by atoms with van der Waals surface area (Å²) in [5, 5.41) is 14.3. The number of rotatable bonds is 4. The van der Waals surface area contributed by atoms with E-state index in [0.717, 1.165) is 15.8 Å². The van der Waals surface area contributed by atoms with Gasteiger partial charge in [0.15, 0.2) is 0 Å². The van der Waals surface area contributed by atoms with Gasteiger partial charge in [0.25, 0.3) is 5.91 Å². The number of hydrogen-bond donors (Lipinski definition) is 1. The van der Waals surface area contributed by atoms with Crippen molar-refractivity contribution >= 4 is 44.4 Å². The summed E-state index contributed by atoms with van der Waals surface area (Å²) in [5.74, 6) is -0.347. The number of hydrogen-bond acceptors (Lipinski definition) is 5. The number of thiophene rings is 1. The minimum Gasteiger partial charge on any atom is -0.267 e. The minimum atomic E-state index is -0.470. The second-order valence-electron chi connectivity index (χ2n) is 3.64. The van der Waals surface area contributed by atoms with E-state index in [1.165, 1.54) is 12.3 Å². The Bertz CT molecular complexity index is 667. The van der Waals surface area contributed by atoms with Crippen LogP contribution >= 0.6 is 27.3 Å². The molecule has 1 aromatic heterocycles. The molecule has 0 saturated carbocycles. The molecule has 0 aliphatic rings. The van der Waals surface area contributed by atoms with E-state index in [4.69, 9.17) is 0 Å². The highest BCUT2D eigenvalue weighted by Crippen LogP contribution is 2.22. The first kappa shape index (κ1) is 14.4. The fourth-order valence-corrected chi connectivity index (χ4v) is 2.29. The number of amides is 1. The van der Waals surface area contributed by atoms with E-state index >= 15 is 0 Å². The van der Waals surface area contributed by atoms with Crippen LogP contribution in [0.5, 0.6) is 0 Å². The molecule has 1 aromatic carbocycles. The van der Waals surface area contributed by atoms with Gasteiger partial charge >= 0.3 is 5.00 Å². The number of hydrazone groups is 1. The van der Waals surface area contributed by atoms with Crippen LogP contribution in [-0.2, 0) is 0 Å². The van der Waals surface area contributed by atoms with E-state index < -0.39 is 4.92 Å². The number of carbonyl (C=O) groups excluding carboxylic acids is 1. The van der Waals surface area contributed by atoms with Gasteiger partial charge in [-0.3, -0.25) is 14.9 Å². The van der Waals surface area contributed by atoms with E-state index in [9.17, 15) is 14.9 Å². The molecule has 1 N–H and O–H groups in total. The smallest absolute Gasteiger partial charge is 0.267 e. The van der Waals surface area contributed by atoms with Crippen LogP contribution in [0.1, 0.15) is 15.2 Å². The van der Waals surface area contributed by atoms with Crippen LogP contribution in [-0.4, -0.2) is 17.0 Å². The van der Waals surface area contributed by atoms with Gasteiger partial charge in [0, 0.05) is 16.1 Å². The third-order valence-corrected chi connectivity index (χ3v) is 3.76. The van der Waals surface area contributed by atoms with Gasteiger partial charge < -0.3 is 0 Å². The molecule has 0 spiro atoms. The number of carbonyl (C=O) groups is 1. The van der Waals surface area contributed by atoms with Crippen molar-refractivity contribution in [3.05, 3.63) is 61.4 Å². The van der Waals surface area contributed by atoms with E-state index in [1.54, 1.807) is 30.3 Å². The average molecular weight is 354 g/mol. The molecule has 2 aromatic rings. The molecule has 0 fully saturated rings. The van der Waals surface area contributed by atoms with Crippen LogP contribution < -0.4 is 5.43 Å². The van der Waals surface area contributed by atoms with Gasteiger partial charge in [-0.15, -0.1) is 0 Å². The highest BCUT2D eigenvalue weighted by Gasteiger charge is 2.08. The van der Waals surface area contributed by atoms with Crippen LogP contribution in [0.4, 0.5) is 5.00 Å². The third-order valence-electron chi connectivity index (χ3n) is 2.26. The molecule has 0 aliphatic heterocycles. The molecule has 102 valence electrons. The van der Waals surface area contributed by atoms with Gasteiger partial charge in [-0.05, 0) is 30.3 Å². The molecular weight excluding hydrogens is 346 g/mol. The highest BCUT2D eigenvalue weighted by atomic mass is 79.9. The summed E-state index contributed by atoms with van der Waals surface area (Å²) in [5.41, 5.74) is 2.83. The second kappa shape index (κ2) is 6.40. The van der Waals surface area contributed by atoms with Gasteiger partial charge in [0.1, 0.15) is 0 Å². The van der Waals surface area contributed by atoms with Gasteiger partial charge in [-0.25, -0.2) is 5.43 Å². The summed E-state index contributed by atoms with van der Waals surface area (Å²) < 4.78 is 0.878. The molecule has 0 unspecified atom stereocenters. The molecule has 2 rings (SSSR count). The van der Waals surface area contributed by atoms with Crippen molar-refractivity contribution in [1.29, 1.82) is 0 Å². The first-order valence-corrected chi connectivity index (χ1v) is 7.00. The van der Waals surface area contributed by atoms with Crippen molar-refractivity contribution in [3.63, 3.8) is 0 Å². The summed E-state index contributed by atoms with van der Waals surface area (Å²) in [4.78, 5) is 22.3. The van der Waals surface area contributed by atoms with Crippen molar-refractivity contribution in [1.82, 2.24) is 5.43 Å². The Morgan fingerprint density at radius 3 is 2.60 bits per heavy atom. The zero-order chi connectivity index (χ0) is 14.5. The van der Waals surface area contributed by atoms with Gasteiger partial charge in [0.05, 0.1) is 16.0 Å². The Hall–Kier alpha value is -2.06. The SMILES string of the molecule is O=C(N/N=C/c1ccc([N+](=O)[O-])s1)c1ccc(Br)cc1. The van der Waals surface area contributed by atoms with E-state index in [-0.39, 0.29) is 10.9 Å². The van der Waals surface area contributed by atoms with Crippen LogP contribution in [0.2, 0.25) is 0 Å². The Kier molecular flexibility index (Phi) is 4.59. The summed E-state index contributed by atoms with van der Waals surface area (Å²) in [6, 6.07) is 9.78. The number of benzene rings is 1. The molecule has 6 nitrogen and oxygen atoms in total. The summed E-state index contributed by atoms with van der Waals surface area (Å²) in [6.07, 6.45) is 1.37. The predicted molar refractivity (Wildman–Crippen MR) is 80.2 cm³/mol. The Morgan fingerprint density at radius 1 is 1.30 bits per heavy atom. The quantitative estimate of drug-likeness (QED) is 0.520. The molecule has 0 bridgehead atoms. The molecule has 0 aliphatic carbocycles. The number of halogens is 1. The summed E-state index contributed by atoms with van der Waals surface area (Å²) in [7, 11) is 0. The van der Waals surface area contributed by atoms with E-state index in [1.807, 2.05) is 0 Å². The zero-order valence-corrected chi connectivity index (χ0v) is 12.3. The molecule has 1 amide bonds. The van der Waals surface area contributed by atoms with Crippen molar-refractivity contribution in [2.75, 3.05) is 0 Å². The summed E-state index contributed by atoms with van der Waals surface area (Å²) >= 11 is 4.26. The first-order valence-electron chi connectivity index (χ1n) is 5.39. The first-order chi connectivity index (χ1) is 9.56. The lowest BCUT2D eigenvalue weighted by Crippen LogP contribution is -2.17. The topological polar surface area (TPSA) is 84.6 Å². The number of nitrogens with one attached hydrogen (secondary N) is 1. The molecule has 0 radical (unpaired) electrons. The van der Waals surface area contributed by atoms with Gasteiger partial charge in [0.2, 0.25) is 0 Å². The maximum atomic E-state index is 11.7.